The Bertz CT molecular complexity index is 101. The summed E-state index contributed by atoms with van der Waals surface area (Å²) in [6.07, 6.45) is 2.48. The highest BCUT2D eigenvalue weighted by molar-refractivity contribution is 7.80. The van der Waals surface area contributed by atoms with Gasteiger partial charge in [-0.15, -0.1) is 0 Å². The monoisotopic (exact) mass is 131 g/mol. The number of rotatable bonds is 1. The minimum absolute atomic E-state index is 0.521. The highest BCUT2D eigenvalue weighted by Gasteiger charge is 2.21. The molecule has 1 aliphatic carbocycles. The van der Waals surface area contributed by atoms with Crippen LogP contribution in [0.1, 0.15) is 12.8 Å². The zero-order valence-electron chi connectivity index (χ0n) is 4.81. The molecule has 0 spiro atoms. The van der Waals surface area contributed by atoms with E-state index in [1.807, 2.05) is 0 Å². The Morgan fingerprint density at radius 2 is 2.38 bits per heavy atom. The predicted molar refractivity (Wildman–Crippen MR) is 35.8 cm³/mol. The molecule has 8 heavy (non-hydrogen) atoms. The molecule has 0 aromatic heterocycles. The number of hydrogen-bond donors (Lipinski definition) is 1. The minimum Gasteiger partial charge on any atom is -0.474 e. The van der Waals surface area contributed by atoms with E-state index in [4.69, 9.17) is 17.0 Å². The number of hydrogen-bond acceptors (Lipinski definition) is 2. The molecule has 0 unspecified atom stereocenters. The molecule has 3 heteroatoms. The highest BCUT2D eigenvalue weighted by atomic mass is 32.1. The minimum atomic E-state index is 0.521. The van der Waals surface area contributed by atoms with Crippen molar-refractivity contribution in [3.63, 3.8) is 0 Å². The molecule has 0 radical (unpaired) electrons. The Labute approximate surface area is 54.2 Å². The van der Waals surface area contributed by atoms with Crippen LogP contribution in [0.2, 0.25) is 0 Å². The molecule has 0 atom stereocenters. The van der Waals surface area contributed by atoms with Gasteiger partial charge in [0.25, 0.3) is 5.17 Å². The summed E-state index contributed by atoms with van der Waals surface area (Å²) in [4.78, 5) is 0. The van der Waals surface area contributed by atoms with Gasteiger partial charge in [-0.05, 0) is 25.1 Å². The fourth-order valence-electron chi connectivity index (χ4n) is 0.453. The molecular formula is C5H9NOS. The first kappa shape index (κ1) is 5.82. The summed E-state index contributed by atoms with van der Waals surface area (Å²) in [6.45, 7) is 0. The summed E-state index contributed by atoms with van der Waals surface area (Å²) in [5.74, 6) is 0. The molecule has 0 amide bonds. The van der Waals surface area contributed by atoms with Crippen LogP contribution >= 0.6 is 12.2 Å². The van der Waals surface area contributed by atoms with Crippen molar-refractivity contribution in [3.05, 3.63) is 0 Å². The van der Waals surface area contributed by atoms with Crippen molar-refractivity contribution in [2.24, 2.45) is 0 Å². The molecule has 1 saturated carbocycles. The summed E-state index contributed by atoms with van der Waals surface area (Å²) < 4.78 is 4.72. The maximum Gasteiger partial charge on any atom is 0.256 e. The molecule has 2 nitrogen and oxygen atoms in total. The smallest absolute Gasteiger partial charge is 0.256 e. The van der Waals surface area contributed by atoms with E-state index in [0.717, 1.165) is 0 Å². The fourth-order valence-corrected chi connectivity index (χ4v) is 0.620. The third kappa shape index (κ3) is 1.66. The van der Waals surface area contributed by atoms with Crippen molar-refractivity contribution in [3.8, 4) is 0 Å². The van der Waals surface area contributed by atoms with E-state index in [9.17, 15) is 0 Å². The molecular weight excluding hydrogens is 122 g/mol. The lowest BCUT2D eigenvalue weighted by atomic mass is 10.7. The second-order valence-electron chi connectivity index (χ2n) is 1.91. The van der Waals surface area contributed by atoms with Crippen LogP contribution in [0.25, 0.3) is 0 Å². The van der Waals surface area contributed by atoms with Crippen molar-refractivity contribution in [2.75, 3.05) is 7.11 Å². The molecule has 0 aromatic carbocycles. The second-order valence-corrected chi connectivity index (χ2v) is 2.28. The van der Waals surface area contributed by atoms with Gasteiger partial charge < -0.3 is 10.1 Å². The zero-order chi connectivity index (χ0) is 5.98. The quantitative estimate of drug-likeness (QED) is 0.528. The van der Waals surface area contributed by atoms with Crippen molar-refractivity contribution in [2.45, 2.75) is 18.9 Å². The van der Waals surface area contributed by atoms with Crippen LogP contribution in [0.15, 0.2) is 0 Å². The first-order valence-corrected chi connectivity index (χ1v) is 3.08. The fraction of sp³-hybridized carbons (Fsp3) is 0.800. The van der Waals surface area contributed by atoms with Crippen molar-refractivity contribution in [1.29, 1.82) is 0 Å². The maximum absolute atomic E-state index is 4.74. The van der Waals surface area contributed by atoms with Gasteiger partial charge in [0, 0.05) is 6.04 Å². The van der Waals surface area contributed by atoms with E-state index in [2.05, 4.69) is 5.32 Å². The molecule has 0 aliphatic heterocycles. The Balaban J connectivity index is 2.07. The van der Waals surface area contributed by atoms with Crippen molar-refractivity contribution < 1.29 is 4.74 Å². The predicted octanol–water partition coefficient (Wildman–Crippen LogP) is 0.670. The van der Waals surface area contributed by atoms with Crippen LogP contribution in [0.4, 0.5) is 0 Å². The van der Waals surface area contributed by atoms with Crippen LogP contribution in [-0.4, -0.2) is 18.3 Å². The van der Waals surface area contributed by atoms with E-state index < -0.39 is 0 Å². The third-order valence-corrected chi connectivity index (χ3v) is 1.37. The molecule has 1 fully saturated rings. The topological polar surface area (TPSA) is 21.3 Å². The summed E-state index contributed by atoms with van der Waals surface area (Å²) in [5, 5.41) is 3.53. The lowest BCUT2D eigenvalue weighted by molar-refractivity contribution is 0.392. The average molecular weight is 131 g/mol. The molecule has 1 aliphatic rings. The second kappa shape index (κ2) is 2.31. The third-order valence-electron chi connectivity index (χ3n) is 1.08. The first-order valence-electron chi connectivity index (χ1n) is 2.67. The number of nitrogens with one attached hydrogen (secondary N) is 1. The molecule has 46 valence electrons. The molecule has 1 rings (SSSR count). The Morgan fingerprint density at radius 1 is 1.75 bits per heavy atom. The lowest BCUT2D eigenvalue weighted by Gasteiger charge is -2.01. The van der Waals surface area contributed by atoms with Gasteiger partial charge in [0.05, 0.1) is 7.11 Å². The van der Waals surface area contributed by atoms with Crippen LogP contribution in [0.5, 0.6) is 0 Å². The van der Waals surface area contributed by atoms with E-state index in [1.54, 1.807) is 7.11 Å². The number of thiocarbonyl (C=S) groups is 1. The molecule has 0 bridgehead atoms. The standard InChI is InChI=1S/C5H9NOS/c1-7-5(8)6-4-2-3-4/h4H,2-3H2,1H3,(H,6,8). The summed E-state index contributed by atoms with van der Waals surface area (Å²) in [7, 11) is 1.58. The maximum atomic E-state index is 4.74. The zero-order valence-corrected chi connectivity index (χ0v) is 5.62. The summed E-state index contributed by atoms with van der Waals surface area (Å²) in [6, 6.07) is 0.613. The normalized spacial score (nSPS) is 17.6. The van der Waals surface area contributed by atoms with Gasteiger partial charge in [0.1, 0.15) is 0 Å². The SMILES string of the molecule is COC(=S)NC1CC1. The van der Waals surface area contributed by atoms with E-state index in [-0.39, 0.29) is 0 Å². The Hall–Kier alpha value is -0.310. The van der Waals surface area contributed by atoms with Gasteiger partial charge in [-0.1, -0.05) is 0 Å². The van der Waals surface area contributed by atoms with Crippen LogP contribution < -0.4 is 5.32 Å². The van der Waals surface area contributed by atoms with E-state index in [1.165, 1.54) is 12.8 Å². The van der Waals surface area contributed by atoms with E-state index >= 15 is 0 Å². The van der Waals surface area contributed by atoms with Gasteiger partial charge in [-0.2, -0.15) is 0 Å². The molecule has 0 heterocycles. The van der Waals surface area contributed by atoms with Crippen LogP contribution in [0, 0.1) is 0 Å². The summed E-state index contributed by atoms with van der Waals surface area (Å²) in [5.41, 5.74) is 0. The number of ether oxygens (including phenoxy) is 1. The molecule has 1 N–H and O–H groups in total. The Kier molecular flexibility index (Phi) is 1.68. The average Bonchev–Trinajstić information content (AvgIpc) is 2.50. The van der Waals surface area contributed by atoms with E-state index in [0.29, 0.717) is 11.2 Å². The van der Waals surface area contributed by atoms with Gasteiger partial charge in [0.2, 0.25) is 0 Å². The van der Waals surface area contributed by atoms with Gasteiger partial charge in [-0.25, -0.2) is 0 Å². The number of methoxy groups -OCH3 is 1. The van der Waals surface area contributed by atoms with Crippen molar-refractivity contribution in [1.82, 2.24) is 5.32 Å². The molecule has 0 aromatic rings. The lowest BCUT2D eigenvalue weighted by Crippen LogP contribution is -2.24. The highest BCUT2D eigenvalue weighted by Crippen LogP contribution is 2.18. The largest absolute Gasteiger partial charge is 0.474 e. The van der Waals surface area contributed by atoms with Crippen LogP contribution in [0.3, 0.4) is 0 Å². The van der Waals surface area contributed by atoms with Crippen LogP contribution in [-0.2, 0) is 4.74 Å². The van der Waals surface area contributed by atoms with Gasteiger partial charge in [-0.3, -0.25) is 0 Å². The van der Waals surface area contributed by atoms with Gasteiger partial charge in [0.15, 0.2) is 0 Å². The summed E-state index contributed by atoms with van der Waals surface area (Å²) >= 11 is 4.74. The first-order chi connectivity index (χ1) is 3.83. The molecule has 0 saturated heterocycles. The van der Waals surface area contributed by atoms with Crippen molar-refractivity contribution >= 4 is 17.4 Å². The Morgan fingerprint density at radius 3 is 2.75 bits per heavy atom. The van der Waals surface area contributed by atoms with Gasteiger partial charge >= 0.3 is 0 Å².